The number of aryl methyl sites for hydroxylation is 1. The normalized spacial score (nSPS) is 14.6. The average molecular weight is 412 g/mol. The molecule has 6 nitrogen and oxygen atoms in total. The van der Waals surface area contributed by atoms with Gasteiger partial charge in [-0.3, -0.25) is 14.4 Å². The largest absolute Gasteiger partial charge is 0.379 e. The zero-order valence-electron chi connectivity index (χ0n) is 16.6. The van der Waals surface area contributed by atoms with Crippen LogP contribution in [-0.2, 0) is 18.3 Å². The summed E-state index contributed by atoms with van der Waals surface area (Å²) in [6.07, 6.45) is 1.52. The van der Waals surface area contributed by atoms with Gasteiger partial charge < -0.3 is 10.1 Å². The predicted octanol–water partition coefficient (Wildman–Crippen LogP) is 3.45. The Hall–Kier alpha value is -3.10. The van der Waals surface area contributed by atoms with Crippen LogP contribution >= 0.6 is 0 Å². The van der Waals surface area contributed by atoms with E-state index in [-0.39, 0.29) is 16.8 Å². The first-order valence-corrected chi connectivity index (χ1v) is 9.69. The molecule has 8 heteroatoms. The number of hydrogen-bond acceptors (Lipinski definition) is 4. The first-order valence-electron chi connectivity index (χ1n) is 9.69. The number of ether oxygens (including phenoxy) is 1. The summed E-state index contributed by atoms with van der Waals surface area (Å²) < 4.78 is 34.3. The lowest BCUT2D eigenvalue weighted by molar-refractivity contribution is 0.0342. The van der Waals surface area contributed by atoms with Crippen molar-refractivity contribution in [2.45, 2.75) is 6.54 Å². The maximum Gasteiger partial charge on any atom is 0.259 e. The van der Waals surface area contributed by atoms with Crippen molar-refractivity contribution in [1.82, 2.24) is 14.7 Å². The number of benzene rings is 2. The van der Waals surface area contributed by atoms with E-state index in [0.717, 1.165) is 50.5 Å². The molecule has 4 rings (SSSR count). The lowest BCUT2D eigenvalue weighted by atomic mass is 10.1. The Kier molecular flexibility index (Phi) is 5.87. The molecule has 2 aromatic carbocycles. The molecule has 0 spiro atoms. The lowest BCUT2D eigenvalue weighted by Gasteiger charge is -2.26. The summed E-state index contributed by atoms with van der Waals surface area (Å²) in [5.74, 6) is -1.86. The Balaban J connectivity index is 1.54. The van der Waals surface area contributed by atoms with Gasteiger partial charge in [0.05, 0.1) is 18.8 Å². The molecule has 1 amide bonds. The van der Waals surface area contributed by atoms with Gasteiger partial charge in [-0.2, -0.15) is 5.10 Å². The van der Waals surface area contributed by atoms with Crippen molar-refractivity contribution in [2.75, 3.05) is 31.6 Å². The number of carbonyl (C=O) groups is 1. The summed E-state index contributed by atoms with van der Waals surface area (Å²) in [6.45, 7) is 3.96. The van der Waals surface area contributed by atoms with Crippen LogP contribution in [0.5, 0.6) is 0 Å². The zero-order chi connectivity index (χ0) is 21.1. The molecule has 0 unspecified atom stereocenters. The number of hydrogen-bond donors (Lipinski definition) is 1. The number of nitrogens with one attached hydrogen (secondary N) is 1. The molecular formula is C22H22F2N4O2. The molecular weight excluding hydrogens is 390 g/mol. The molecule has 1 fully saturated rings. The fourth-order valence-corrected chi connectivity index (χ4v) is 3.50. The van der Waals surface area contributed by atoms with Gasteiger partial charge >= 0.3 is 0 Å². The van der Waals surface area contributed by atoms with Gasteiger partial charge in [0.2, 0.25) is 0 Å². The van der Waals surface area contributed by atoms with Crippen LogP contribution in [0.25, 0.3) is 11.3 Å². The van der Waals surface area contributed by atoms with Gasteiger partial charge in [-0.25, -0.2) is 8.78 Å². The van der Waals surface area contributed by atoms with E-state index in [2.05, 4.69) is 15.3 Å². The van der Waals surface area contributed by atoms with Crippen LogP contribution in [0.3, 0.4) is 0 Å². The van der Waals surface area contributed by atoms with E-state index in [9.17, 15) is 13.6 Å². The molecule has 0 atom stereocenters. The van der Waals surface area contributed by atoms with Gasteiger partial charge in [-0.15, -0.1) is 0 Å². The van der Waals surface area contributed by atoms with Crippen molar-refractivity contribution < 1.29 is 18.3 Å². The van der Waals surface area contributed by atoms with Crippen LogP contribution < -0.4 is 5.32 Å². The Labute approximate surface area is 173 Å². The number of aromatic nitrogens is 2. The zero-order valence-corrected chi connectivity index (χ0v) is 16.6. The van der Waals surface area contributed by atoms with E-state index in [1.807, 2.05) is 18.2 Å². The molecule has 0 aliphatic carbocycles. The lowest BCUT2D eigenvalue weighted by Crippen LogP contribution is -2.35. The van der Waals surface area contributed by atoms with Crippen molar-refractivity contribution >= 4 is 11.6 Å². The van der Waals surface area contributed by atoms with Crippen LogP contribution in [0.15, 0.2) is 48.7 Å². The van der Waals surface area contributed by atoms with Gasteiger partial charge in [0.25, 0.3) is 5.91 Å². The van der Waals surface area contributed by atoms with E-state index in [1.165, 1.54) is 16.9 Å². The Morgan fingerprint density at radius 1 is 1.17 bits per heavy atom. The molecule has 0 saturated carbocycles. The van der Waals surface area contributed by atoms with Crippen LogP contribution in [0.1, 0.15) is 15.9 Å². The van der Waals surface area contributed by atoms with Crippen LogP contribution in [0, 0.1) is 11.6 Å². The monoisotopic (exact) mass is 412 g/mol. The molecule has 1 N–H and O–H groups in total. The highest BCUT2D eigenvalue weighted by Crippen LogP contribution is 2.26. The molecule has 2 heterocycles. The second-order valence-electron chi connectivity index (χ2n) is 7.23. The van der Waals surface area contributed by atoms with Crippen molar-refractivity contribution in [1.29, 1.82) is 0 Å². The second-order valence-corrected chi connectivity index (χ2v) is 7.23. The van der Waals surface area contributed by atoms with Crippen LogP contribution in [-0.4, -0.2) is 46.9 Å². The first kappa shape index (κ1) is 20.2. The van der Waals surface area contributed by atoms with E-state index in [4.69, 9.17) is 4.74 Å². The number of carbonyl (C=O) groups excluding carboxylic acids is 1. The van der Waals surface area contributed by atoms with Crippen molar-refractivity contribution in [3.8, 4) is 11.3 Å². The number of anilines is 1. The van der Waals surface area contributed by atoms with E-state index in [0.29, 0.717) is 5.69 Å². The van der Waals surface area contributed by atoms with Crippen molar-refractivity contribution in [3.63, 3.8) is 0 Å². The van der Waals surface area contributed by atoms with Gasteiger partial charge in [-0.05, 0) is 29.8 Å². The number of rotatable bonds is 5. The number of amides is 1. The minimum absolute atomic E-state index is 0.0724. The SMILES string of the molecule is Cn1cc(C(=O)Nc2cccc(CN3CCOCC3)c2)c(-c2ccc(F)cc2F)n1. The fourth-order valence-electron chi connectivity index (χ4n) is 3.50. The first-order chi connectivity index (χ1) is 14.5. The molecule has 156 valence electrons. The number of nitrogens with zero attached hydrogens (tertiary/aromatic N) is 3. The number of morpholine rings is 1. The topological polar surface area (TPSA) is 59.4 Å². The van der Waals surface area contributed by atoms with Crippen molar-refractivity contribution in [2.24, 2.45) is 7.05 Å². The number of halogens is 2. The predicted molar refractivity (Wildman–Crippen MR) is 109 cm³/mol. The van der Waals surface area contributed by atoms with Gasteiger partial charge in [0.1, 0.15) is 17.3 Å². The Morgan fingerprint density at radius 3 is 2.73 bits per heavy atom. The average Bonchev–Trinajstić information content (AvgIpc) is 3.10. The summed E-state index contributed by atoms with van der Waals surface area (Å²) >= 11 is 0. The third-order valence-corrected chi connectivity index (χ3v) is 4.95. The van der Waals surface area contributed by atoms with Gasteiger partial charge in [-0.1, -0.05) is 12.1 Å². The molecule has 0 bridgehead atoms. The minimum Gasteiger partial charge on any atom is -0.379 e. The third kappa shape index (κ3) is 4.55. The molecule has 1 saturated heterocycles. The summed E-state index contributed by atoms with van der Waals surface area (Å²) in [4.78, 5) is 15.2. The smallest absolute Gasteiger partial charge is 0.259 e. The van der Waals surface area contributed by atoms with E-state index in [1.54, 1.807) is 13.1 Å². The minimum atomic E-state index is -0.768. The van der Waals surface area contributed by atoms with E-state index >= 15 is 0 Å². The Bertz CT molecular complexity index is 1060. The standard InChI is InChI=1S/C22H22F2N4O2/c1-27-14-19(21(26-27)18-6-5-16(23)12-20(18)24)22(29)25-17-4-2-3-15(11-17)13-28-7-9-30-10-8-28/h2-6,11-12,14H,7-10,13H2,1H3,(H,25,29). The molecule has 1 aromatic heterocycles. The highest BCUT2D eigenvalue weighted by Gasteiger charge is 2.20. The quantitative estimate of drug-likeness (QED) is 0.698. The molecule has 30 heavy (non-hydrogen) atoms. The molecule has 3 aromatic rings. The van der Waals surface area contributed by atoms with Crippen molar-refractivity contribution in [3.05, 3.63) is 71.4 Å². The fraction of sp³-hybridized carbons (Fsp3) is 0.273. The molecule has 0 radical (unpaired) electrons. The summed E-state index contributed by atoms with van der Waals surface area (Å²) in [6, 6.07) is 10.8. The van der Waals surface area contributed by atoms with Crippen LogP contribution in [0.4, 0.5) is 14.5 Å². The second kappa shape index (κ2) is 8.73. The Morgan fingerprint density at radius 2 is 1.97 bits per heavy atom. The highest BCUT2D eigenvalue weighted by atomic mass is 19.1. The highest BCUT2D eigenvalue weighted by molar-refractivity contribution is 6.08. The molecule has 1 aliphatic heterocycles. The maximum atomic E-state index is 14.3. The third-order valence-electron chi connectivity index (χ3n) is 4.95. The summed E-state index contributed by atoms with van der Waals surface area (Å²) in [7, 11) is 1.64. The van der Waals surface area contributed by atoms with Crippen LogP contribution in [0.2, 0.25) is 0 Å². The summed E-state index contributed by atoms with van der Waals surface area (Å²) in [5.41, 5.74) is 2.16. The maximum absolute atomic E-state index is 14.3. The molecule has 1 aliphatic rings. The summed E-state index contributed by atoms with van der Waals surface area (Å²) in [5, 5.41) is 7.06. The van der Waals surface area contributed by atoms with E-state index < -0.39 is 17.5 Å². The van der Waals surface area contributed by atoms with Gasteiger partial charge in [0, 0.05) is 50.2 Å². The van der Waals surface area contributed by atoms with Gasteiger partial charge in [0.15, 0.2) is 0 Å².